The lowest BCUT2D eigenvalue weighted by atomic mass is 10.4. The van der Waals surface area contributed by atoms with E-state index in [1.165, 1.54) is 6.26 Å². The lowest BCUT2D eigenvalue weighted by molar-refractivity contribution is 0.161. The average molecular weight is 252 g/mol. The maximum absolute atomic E-state index is 10.8. The fourth-order valence-corrected chi connectivity index (χ4v) is 1.88. The third-order valence-corrected chi connectivity index (χ3v) is 3.25. The van der Waals surface area contributed by atoms with Gasteiger partial charge in [-0.05, 0) is 20.0 Å². The summed E-state index contributed by atoms with van der Waals surface area (Å²) in [7, 11) is 0.924. The van der Waals surface area contributed by atoms with Gasteiger partial charge in [0.05, 0.1) is 12.4 Å². The number of hydrogen-bond acceptors (Lipinski definition) is 5. The van der Waals surface area contributed by atoms with Crippen LogP contribution >= 0.6 is 0 Å². The Kier molecular flexibility index (Phi) is 8.83. The molecule has 98 valence electrons. The Labute approximate surface area is 99.1 Å². The van der Waals surface area contributed by atoms with Crippen molar-refractivity contribution >= 4 is 9.84 Å². The standard InChI is InChI=1S/C10H24N2O3S/c1-12(8-9-15-2)7-6-11-5-4-10-16(3,13)14/h11H,4-10H2,1-3H3. The molecule has 5 nitrogen and oxygen atoms in total. The lowest BCUT2D eigenvalue weighted by Gasteiger charge is -2.16. The van der Waals surface area contributed by atoms with Crippen LogP contribution in [0.25, 0.3) is 0 Å². The molecule has 0 aromatic rings. The van der Waals surface area contributed by atoms with E-state index in [2.05, 4.69) is 10.2 Å². The van der Waals surface area contributed by atoms with Crippen molar-refractivity contribution in [1.29, 1.82) is 0 Å². The van der Waals surface area contributed by atoms with Gasteiger partial charge in [0.1, 0.15) is 9.84 Å². The molecule has 16 heavy (non-hydrogen) atoms. The van der Waals surface area contributed by atoms with Gasteiger partial charge < -0.3 is 15.0 Å². The van der Waals surface area contributed by atoms with Gasteiger partial charge in [0.25, 0.3) is 0 Å². The van der Waals surface area contributed by atoms with Crippen LogP contribution in [-0.2, 0) is 14.6 Å². The van der Waals surface area contributed by atoms with Crippen LogP contribution in [0, 0.1) is 0 Å². The number of rotatable bonds is 10. The second kappa shape index (κ2) is 8.92. The average Bonchev–Trinajstić information content (AvgIpc) is 2.18. The third-order valence-electron chi connectivity index (χ3n) is 2.22. The molecule has 0 atom stereocenters. The smallest absolute Gasteiger partial charge is 0.147 e. The molecule has 0 aliphatic heterocycles. The second-order valence-electron chi connectivity index (χ2n) is 4.03. The molecule has 0 saturated heterocycles. The van der Waals surface area contributed by atoms with E-state index in [4.69, 9.17) is 4.74 Å². The largest absolute Gasteiger partial charge is 0.383 e. The molecule has 0 radical (unpaired) electrons. The van der Waals surface area contributed by atoms with E-state index >= 15 is 0 Å². The van der Waals surface area contributed by atoms with Gasteiger partial charge in [0.15, 0.2) is 0 Å². The number of hydrogen-bond donors (Lipinski definition) is 1. The first-order valence-electron chi connectivity index (χ1n) is 5.51. The molecule has 0 fully saturated rings. The molecule has 0 aromatic heterocycles. The summed E-state index contributed by atoms with van der Waals surface area (Å²) >= 11 is 0. The molecule has 0 heterocycles. The highest BCUT2D eigenvalue weighted by Crippen LogP contribution is 1.87. The van der Waals surface area contributed by atoms with Gasteiger partial charge in [-0.25, -0.2) is 8.42 Å². The zero-order valence-corrected chi connectivity index (χ0v) is 11.3. The first-order chi connectivity index (χ1) is 7.45. The van der Waals surface area contributed by atoms with Gasteiger partial charge in [0.2, 0.25) is 0 Å². The van der Waals surface area contributed by atoms with Crippen LogP contribution in [0.2, 0.25) is 0 Å². The summed E-state index contributed by atoms with van der Waals surface area (Å²) in [4.78, 5) is 2.17. The van der Waals surface area contributed by atoms with E-state index in [1.54, 1.807) is 7.11 Å². The summed E-state index contributed by atoms with van der Waals surface area (Å²) in [6.45, 7) is 4.24. The maximum atomic E-state index is 10.8. The number of sulfone groups is 1. The van der Waals surface area contributed by atoms with Crippen LogP contribution in [-0.4, -0.2) is 72.3 Å². The predicted molar refractivity (Wildman–Crippen MR) is 66.6 cm³/mol. The van der Waals surface area contributed by atoms with Crippen molar-refractivity contribution in [3.05, 3.63) is 0 Å². The van der Waals surface area contributed by atoms with Crippen molar-refractivity contribution in [3.8, 4) is 0 Å². The topological polar surface area (TPSA) is 58.6 Å². The Morgan fingerprint density at radius 2 is 1.94 bits per heavy atom. The fourth-order valence-electron chi connectivity index (χ4n) is 1.21. The van der Waals surface area contributed by atoms with E-state index in [0.717, 1.165) is 32.8 Å². The predicted octanol–water partition coefficient (Wildman–Crippen LogP) is -0.411. The van der Waals surface area contributed by atoms with Crippen molar-refractivity contribution in [1.82, 2.24) is 10.2 Å². The molecule has 0 saturated carbocycles. The van der Waals surface area contributed by atoms with E-state index in [0.29, 0.717) is 6.42 Å². The van der Waals surface area contributed by atoms with Crippen LogP contribution in [0.5, 0.6) is 0 Å². The minimum atomic E-state index is -2.81. The van der Waals surface area contributed by atoms with E-state index < -0.39 is 9.84 Å². The zero-order chi connectivity index (χ0) is 12.4. The summed E-state index contributed by atoms with van der Waals surface area (Å²) < 4.78 is 26.6. The van der Waals surface area contributed by atoms with Crippen molar-refractivity contribution < 1.29 is 13.2 Å². The first-order valence-corrected chi connectivity index (χ1v) is 7.57. The molecular weight excluding hydrogens is 228 g/mol. The monoisotopic (exact) mass is 252 g/mol. The first kappa shape index (κ1) is 15.8. The molecule has 0 aliphatic rings. The summed E-state index contributed by atoms with van der Waals surface area (Å²) in [5, 5.41) is 3.22. The maximum Gasteiger partial charge on any atom is 0.147 e. The highest BCUT2D eigenvalue weighted by atomic mass is 32.2. The van der Waals surface area contributed by atoms with Gasteiger partial charge in [-0.3, -0.25) is 0 Å². The number of methoxy groups -OCH3 is 1. The summed E-state index contributed by atoms with van der Waals surface area (Å²) in [5.74, 6) is 0.263. The lowest BCUT2D eigenvalue weighted by Crippen LogP contribution is -2.32. The highest BCUT2D eigenvalue weighted by molar-refractivity contribution is 7.90. The summed E-state index contributed by atoms with van der Waals surface area (Å²) in [6.07, 6.45) is 1.95. The molecular formula is C10H24N2O3S. The molecule has 0 aliphatic carbocycles. The number of nitrogens with one attached hydrogen (secondary N) is 1. The van der Waals surface area contributed by atoms with Gasteiger partial charge in [-0.1, -0.05) is 0 Å². The second-order valence-corrected chi connectivity index (χ2v) is 6.29. The van der Waals surface area contributed by atoms with Crippen molar-refractivity contribution in [3.63, 3.8) is 0 Å². The quantitative estimate of drug-likeness (QED) is 0.536. The third kappa shape index (κ3) is 11.9. The van der Waals surface area contributed by atoms with Gasteiger partial charge in [0, 0.05) is 33.0 Å². The molecule has 0 unspecified atom stereocenters. The van der Waals surface area contributed by atoms with Crippen molar-refractivity contribution in [2.45, 2.75) is 6.42 Å². The van der Waals surface area contributed by atoms with Gasteiger partial charge >= 0.3 is 0 Å². The highest BCUT2D eigenvalue weighted by Gasteiger charge is 2.01. The molecule has 0 spiro atoms. The molecule has 0 bridgehead atoms. The zero-order valence-electron chi connectivity index (χ0n) is 10.5. The van der Waals surface area contributed by atoms with Crippen molar-refractivity contribution in [2.24, 2.45) is 0 Å². The van der Waals surface area contributed by atoms with Crippen molar-refractivity contribution in [2.75, 3.05) is 59.0 Å². The van der Waals surface area contributed by atoms with E-state index in [9.17, 15) is 8.42 Å². The fraction of sp³-hybridized carbons (Fsp3) is 1.00. The summed E-state index contributed by atoms with van der Waals surface area (Å²) in [5.41, 5.74) is 0. The summed E-state index contributed by atoms with van der Waals surface area (Å²) in [6, 6.07) is 0. The van der Waals surface area contributed by atoms with Gasteiger partial charge in [-0.2, -0.15) is 0 Å². The minimum Gasteiger partial charge on any atom is -0.383 e. The number of likely N-dealkylation sites (N-methyl/N-ethyl adjacent to an activating group) is 1. The Balaban J connectivity index is 3.27. The van der Waals surface area contributed by atoms with Crippen LogP contribution < -0.4 is 5.32 Å². The Hall–Kier alpha value is -0.170. The SMILES string of the molecule is COCCN(C)CCNCCCS(C)(=O)=O. The molecule has 1 N–H and O–H groups in total. The Bertz CT molecular complexity index is 255. The Morgan fingerprint density at radius 3 is 2.50 bits per heavy atom. The van der Waals surface area contributed by atoms with Crippen LogP contribution in [0.4, 0.5) is 0 Å². The molecule has 0 rings (SSSR count). The van der Waals surface area contributed by atoms with Crippen LogP contribution in [0.3, 0.4) is 0 Å². The van der Waals surface area contributed by atoms with Crippen LogP contribution in [0.1, 0.15) is 6.42 Å². The van der Waals surface area contributed by atoms with Crippen LogP contribution in [0.15, 0.2) is 0 Å². The molecule has 0 amide bonds. The van der Waals surface area contributed by atoms with E-state index in [1.807, 2.05) is 7.05 Å². The molecule has 6 heteroatoms. The normalized spacial score (nSPS) is 12.2. The number of ether oxygens (including phenoxy) is 1. The molecule has 0 aromatic carbocycles. The minimum absolute atomic E-state index is 0.263. The number of nitrogens with zero attached hydrogens (tertiary/aromatic N) is 1. The van der Waals surface area contributed by atoms with E-state index in [-0.39, 0.29) is 5.75 Å². The van der Waals surface area contributed by atoms with Gasteiger partial charge in [-0.15, -0.1) is 0 Å². The Morgan fingerprint density at radius 1 is 1.25 bits per heavy atom.